The smallest absolute Gasteiger partial charge is 0.286 e. The Morgan fingerprint density at radius 1 is 1.10 bits per heavy atom. The number of nitrogens with two attached hydrogens (primary N) is 1. The maximum atomic E-state index is 10.9. The fourth-order valence-electron chi connectivity index (χ4n) is 1.64. The molecule has 20 heavy (non-hydrogen) atoms. The molecule has 0 radical (unpaired) electrons. The Morgan fingerprint density at radius 3 is 2.40 bits per heavy atom. The Labute approximate surface area is 116 Å². The third-order valence-electron chi connectivity index (χ3n) is 2.64. The quantitative estimate of drug-likeness (QED) is 0.371. The van der Waals surface area contributed by atoms with Gasteiger partial charge in [0.1, 0.15) is 5.56 Å². The number of hydrogen-bond acceptors (Lipinski definition) is 3. The van der Waals surface area contributed by atoms with Crippen molar-refractivity contribution < 1.29 is 4.92 Å². The minimum atomic E-state index is -0.539. The first-order valence-corrected chi connectivity index (χ1v) is 5.73. The summed E-state index contributed by atoms with van der Waals surface area (Å²) in [6.07, 6.45) is 5.23. The molecule has 2 N–H and O–H groups in total. The summed E-state index contributed by atoms with van der Waals surface area (Å²) >= 11 is 0. The van der Waals surface area contributed by atoms with E-state index in [0.717, 1.165) is 5.56 Å². The second-order valence-corrected chi connectivity index (χ2v) is 3.97. The first kappa shape index (κ1) is 13.2. The van der Waals surface area contributed by atoms with Crippen molar-refractivity contribution in [3.8, 4) is 24.2 Å². The van der Waals surface area contributed by atoms with Gasteiger partial charge in [-0.1, -0.05) is 36.0 Å². The lowest BCUT2D eigenvalue weighted by atomic mass is 10.1. The van der Waals surface area contributed by atoms with Gasteiger partial charge in [-0.05, 0) is 18.2 Å². The predicted octanol–water partition coefficient (Wildman–Crippen LogP) is 2.56. The third kappa shape index (κ3) is 2.77. The lowest BCUT2D eigenvalue weighted by molar-refractivity contribution is -0.385. The average molecular weight is 262 g/mol. The van der Waals surface area contributed by atoms with Crippen LogP contribution in [0.4, 0.5) is 11.4 Å². The van der Waals surface area contributed by atoms with Crippen molar-refractivity contribution in [2.24, 2.45) is 0 Å². The number of nitrogen functional groups attached to an aromatic ring is 1. The molecule has 0 fully saturated rings. The van der Waals surface area contributed by atoms with E-state index < -0.39 is 4.92 Å². The van der Waals surface area contributed by atoms with Gasteiger partial charge in [-0.3, -0.25) is 10.1 Å². The fourth-order valence-corrected chi connectivity index (χ4v) is 1.64. The molecule has 2 aromatic carbocycles. The van der Waals surface area contributed by atoms with E-state index in [9.17, 15) is 10.1 Å². The van der Waals surface area contributed by atoms with Crippen LogP contribution in [0.2, 0.25) is 0 Å². The van der Waals surface area contributed by atoms with Gasteiger partial charge in [-0.2, -0.15) is 0 Å². The molecule has 4 heteroatoms. The van der Waals surface area contributed by atoms with E-state index in [1.54, 1.807) is 0 Å². The van der Waals surface area contributed by atoms with Crippen molar-refractivity contribution in [2.75, 3.05) is 5.73 Å². The van der Waals surface area contributed by atoms with Gasteiger partial charge < -0.3 is 5.73 Å². The molecule has 0 aliphatic carbocycles. The highest BCUT2D eigenvalue weighted by molar-refractivity contribution is 5.67. The monoisotopic (exact) mass is 262 g/mol. The van der Waals surface area contributed by atoms with Gasteiger partial charge in [-0.15, -0.1) is 6.42 Å². The molecule has 0 aliphatic heterocycles. The second kappa shape index (κ2) is 5.60. The molecule has 0 spiro atoms. The molecule has 0 saturated heterocycles. The Morgan fingerprint density at radius 2 is 1.80 bits per heavy atom. The van der Waals surface area contributed by atoms with Gasteiger partial charge in [0.2, 0.25) is 0 Å². The Balaban J connectivity index is 2.49. The van der Waals surface area contributed by atoms with Crippen LogP contribution in [0.15, 0.2) is 42.5 Å². The molecule has 0 heterocycles. The SMILES string of the molecule is C#Cc1cc(N)c(C#Cc2ccccc2)cc1[N+](=O)[O-]. The van der Waals surface area contributed by atoms with E-state index in [1.807, 2.05) is 30.3 Å². The van der Waals surface area contributed by atoms with Gasteiger partial charge in [0.05, 0.1) is 10.5 Å². The van der Waals surface area contributed by atoms with Gasteiger partial charge in [-0.25, -0.2) is 0 Å². The summed E-state index contributed by atoms with van der Waals surface area (Å²) in [5.41, 5.74) is 7.31. The highest BCUT2D eigenvalue weighted by atomic mass is 16.6. The van der Waals surface area contributed by atoms with Gasteiger partial charge in [0.15, 0.2) is 0 Å². The fraction of sp³-hybridized carbons (Fsp3) is 0. The summed E-state index contributed by atoms with van der Waals surface area (Å²) in [5, 5.41) is 10.9. The topological polar surface area (TPSA) is 69.2 Å². The van der Waals surface area contributed by atoms with Gasteiger partial charge >= 0.3 is 0 Å². The molecular weight excluding hydrogens is 252 g/mol. The predicted molar refractivity (Wildman–Crippen MR) is 77.9 cm³/mol. The van der Waals surface area contributed by atoms with Crippen molar-refractivity contribution in [3.05, 3.63) is 69.3 Å². The molecule has 0 aromatic heterocycles. The van der Waals surface area contributed by atoms with E-state index in [1.165, 1.54) is 12.1 Å². The van der Waals surface area contributed by atoms with E-state index in [2.05, 4.69) is 17.8 Å². The minimum Gasteiger partial charge on any atom is -0.398 e. The molecule has 0 amide bonds. The Bertz CT molecular complexity index is 763. The van der Waals surface area contributed by atoms with Crippen molar-refractivity contribution in [2.45, 2.75) is 0 Å². The van der Waals surface area contributed by atoms with Crippen LogP contribution >= 0.6 is 0 Å². The van der Waals surface area contributed by atoms with E-state index in [4.69, 9.17) is 12.2 Å². The minimum absolute atomic E-state index is 0.151. The molecule has 0 aliphatic rings. The highest BCUT2D eigenvalue weighted by Gasteiger charge is 2.14. The first-order valence-electron chi connectivity index (χ1n) is 5.73. The summed E-state index contributed by atoms with van der Waals surface area (Å²) in [4.78, 5) is 10.4. The molecule has 96 valence electrons. The zero-order chi connectivity index (χ0) is 14.5. The molecule has 0 saturated carbocycles. The van der Waals surface area contributed by atoms with Gasteiger partial charge in [0, 0.05) is 17.3 Å². The number of hydrogen-bond donors (Lipinski definition) is 1. The van der Waals surface area contributed by atoms with E-state index in [0.29, 0.717) is 11.3 Å². The number of benzene rings is 2. The lowest BCUT2D eigenvalue weighted by Gasteiger charge is -2.01. The van der Waals surface area contributed by atoms with Crippen LogP contribution in [0, 0.1) is 34.3 Å². The molecule has 4 nitrogen and oxygen atoms in total. The van der Waals surface area contributed by atoms with Crippen LogP contribution in [0.1, 0.15) is 16.7 Å². The molecule has 0 bridgehead atoms. The Hall–Kier alpha value is -3.24. The highest BCUT2D eigenvalue weighted by Crippen LogP contribution is 2.24. The molecule has 0 unspecified atom stereocenters. The van der Waals surface area contributed by atoms with Gasteiger partial charge in [0.25, 0.3) is 5.69 Å². The van der Waals surface area contributed by atoms with Crippen molar-refractivity contribution in [3.63, 3.8) is 0 Å². The maximum Gasteiger partial charge on any atom is 0.286 e. The van der Waals surface area contributed by atoms with Crippen LogP contribution in [-0.4, -0.2) is 4.92 Å². The maximum absolute atomic E-state index is 10.9. The number of terminal acetylenes is 1. The largest absolute Gasteiger partial charge is 0.398 e. The molecule has 2 rings (SSSR count). The van der Waals surface area contributed by atoms with Crippen molar-refractivity contribution in [1.29, 1.82) is 0 Å². The van der Waals surface area contributed by atoms with Crippen molar-refractivity contribution in [1.82, 2.24) is 0 Å². The van der Waals surface area contributed by atoms with Crippen molar-refractivity contribution >= 4 is 11.4 Å². The molecule has 2 aromatic rings. The number of anilines is 1. The Kier molecular flexibility index (Phi) is 3.70. The molecule has 0 atom stereocenters. The summed E-state index contributed by atoms with van der Waals surface area (Å²) in [6.45, 7) is 0. The summed E-state index contributed by atoms with van der Waals surface area (Å²) in [5.74, 6) is 7.98. The average Bonchev–Trinajstić information content (AvgIpc) is 2.46. The standard InChI is InChI=1S/C16H10N2O2/c1-2-13-10-15(17)14(11-16(13)18(19)20)9-8-12-6-4-3-5-7-12/h1,3-7,10-11H,17H2. The second-order valence-electron chi connectivity index (χ2n) is 3.97. The van der Waals surface area contributed by atoms with Crippen LogP contribution in [-0.2, 0) is 0 Å². The lowest BCUT2D eigenvalue weighted by Crippen LogP contribution is -1.97. The van der Waals surface area contributed by atoms with Crippen LogP contribution in [0.5, 0.6) is 0 Å². The van der Waals surface area contributed by atoms with E-state index in [-0.39, 0.29) is 11.3 Å². The summed E-state index contributed by atoms with van der Waals surface area (Å²) in [7, 11) is 0. The zero-order valence-electron chi connectivity index (χ0n) is 10.5. The number of nitrogens with zero attached hydrogens (tertiary/aromatic N) is 1. The van der Waals surface area contributed by atoms with E-state index >= 15 is 0 Å². The third-order valence-corrected chi connectivity index (χ3v) is 2.64. The van der Waals surface area contributed by atoms with Crippen LogP contribution in [0.25, 0.3) is 0 Å². The molecular formula is C16H10N2O2. The first-order chi connectivity index (χ1) is 9.61. The van der Waals surface area contributed by atoms with Crippen LogP contribution in [0.3, 0.4) is 0 Å². The number of rotatable bonds is 1. The van der Waals surface area contributed by atoms with Crippen LogP contribution < -0.4 is 5.73 Å². The summed E-state index contributed by atoms with van der Waals surface area (Å²) in [6, 6.07) is 12.0. The number of nitro benzene ring substituents is 1. The normalized spacial score (nSPS) is 9.15. The number of nitro groups is 1. The summed E-state index contributed by atoms with van der Waals surface area (Å²) < 4.78 is 0. The zero-order valence-corrected chi connectivity index (χ0v) is 10.5.